The molecule has 1 heterocycles. The van der Waals surface area contributed by atoms with Crippen LogP contribution < -0.4 is 16.6 Å². The van der Waals surface area contributed by atoms with Gasteiger partial charge in [-0.05, 0) is 33.6 Å². The molecule has 0 fully saturated rings. The van der Waals surface area contributed by atoms with E-state index in [2.05, 4.69) is 15.4 Å². The molecule has 0 saturated carbocycles. The lowest BCUT2D eigenvalue weighted by Gasteiger charge is -2.13. The zero-order valence-corrected chi connectivity index (χ0v) is 10.2. The molecule has 0 atom stereocenters. The number of hydrazine groups is 1. The molecule has 0 spiro atoms. The topological polar surface area (TPSA) is 96.4 Å². The molecule has 4 N–H and O–H groups in total. The van der Waals surface area contributed by atoms with Gasteiger partial charge in [0.15, 0.2) is 11.5 Å². The number of nitrogen functional groups attached to an aromatic ring is 1. The number of carbonyl (C=O) groups is 1. The van der Waals surface area contributed by atoms with Crippen molar-refractivity contribution in [2.24, 2.45) is 5.84 Å². The average molecular weight is 241 g/mol. The highest BCUT2D eigenvalue weighted by Gasteiger charge is 2.12. The summed E-state index contributed by atoms with van der Waals surface area (Å²) in [6, 6.07) is 1.59. The van der Waals surface area contributed by atoms with Crippen LogP contribution in [0.25, 0.3) is 0 Å². The van der Waals surface area contributed by atoms with E-state index in [9.17, 15) is 4.79 Å². The van der Waals surface area contributed by atoms with Gasteiger partial charge in [-0.15, -0.1) is 0 Å². The molecular weight excluding hydrogens is 222 g/mol. The summed E-state index contributed by atoms with van der Waals surface area (Å²) in [6.07, 6.45) is 1.05. The highest BCUT2D eigenvalue weighted by Crippen LogP contribution is 2.06. The highest BCUT2D eigenvalue weighted by molar-refractivity contribution is 5.91. The van der Waals surface area contributed by atoms with Gasteiger partial charge in [0.05, 0.1) is 6.54 Å². The highest BCUT2D eigenvalue weighted by atomic mass is 16.5. The van der Waals surface area contributed by atoms with E-state index in [0.29, 0.717) is 12.3 Å². The Morgan fingerprint density at radius 2 is 2.41 bits per heavy atom. The zero-order valence-electron chi connectivity index (χ0n) is 10.2. The number of hydrogen-bond donors (Lipinski definition) is 3. The van der Waals surface area contributed by atoms with Crippen LogP contribution in [0, 0.1) is 0 Å². The second-order valence-electron chi connectivity index (χ2n) is 3.85. The summed E-state index contributed by atoms with van der Waals surface area (Å²) < 4.78 is 5.04. The molecule has 0 aliphatic heterocycles. The number of nitrogens with one attached hydrogen (secondary N) is 2. The van der Waals surface area contributed by atoms with Gasteiger partial charge in [0, 0.05) is 6.07 Å². The minimum absolute atomic E-state index is 0.200. The summed E-state index contributed by atoms with van der Waals surface area (Å²) >= 11 is 0. The fraction of sp³-hybridized carbons (Fsp3) is 0.600. The lowest BCUT2D eigenvalue weighted by molar-refractivity contribution is 0.0944. The molecule has 1 rings (SSSR count). The Labute approximate surface area is 100 Å². The maximum atomic E-state index is 11.1. The van der Waals surface area contributed by atoms with Gasteiger partial charge in [0.2, 0.25) is 0 Å². The normalized spacial score (nSPS) is 10.8. The molecule has 0 aliphatic rings. The van der Waals surface area contributed by atoms with Crippen LogP contribution in [-0.2, 0) is 6.54 Å². The van der Waals surface area contributed by atoms with Gasteiger partial charge in [-0.2, -0.15) is 0 Å². The molecule has 0 radical (unpaired) electrons. The molecule has 0 saturated heterocycles. The van der Waals surface area contributed by atoms with Crippen molar-refractivity contribution in [3.05, 3.63) is 17.5 Å². The third-order valence-electron chi connectivity index (χ3n) is 2.32. The van der Waals surface area contributed by atoms with E-state index in [1.165, 1.54) is 0 Å². The molecule has 0 aromatic carbocycles. The Morgan fingerprint density at radius 3 is 3.06 bits per heavy atom. The molecule has 17 heavy (non-hydrogen) atoms. The number of amides is 1. The number of rotatable bonds is 7. The number of nitrogens with two attached hydrogens (primary N) is 1. The summed E-state index contributed by atoms with van der Waals surface area (Å²) in [5.41, 5.74) is 2.21. The van der Waals surface area contributed by atoms with Gasteiger partial charge in [0.1, 0.15) is 0 Å². The maximum absolute atomic E-state index is 11.1. The van der Waals surface area contributed by atoms with Crippen molar-refractivity contribution in [2.75, 3.05) is 27.2 Å². The van der Waals surface area contributed by atoms with E-state index in [0.717, 1.165) is 19.5 Å². The van der Waals surface area contributed by atoms with E-state index < -0.39 is 5.91 Å². The summed E-state index contributed by atoms with van der Waals surface area (Å²) in [5, 5.41) is 6.71. The lowest BCUT2D eigenvalue weighted by atomic mass is 10.3. The first-order chi connectivity index (χ1) is 8.17. The first-order valence-corrected chi connectivity index (χ1v) is 5.47. The van der Waals surface area contributed by atoms with Crippen molar-refractivity contribution in [1.29, 1.82) is 0 Å². The minimum atomic E-state index is -0.446. The van der Waals surface area contributed by atoms with Crippen molar-refractivity contribution < 1.29 is 9.32 Å². The quantitative estimate of drug-likeness (QED) is 0.253. The van der Waals surface area contributed by atoms with E-state index in [-0.39, 0.29) is 5.69 Å². The van der Waals surface area contributed by atoms with Crippen LogP contribution in [-0.4, -0.2) is 43.1 Å². The van der Waals surface area contributed by atoms with E-state index in [1.54, 1.807) is 6.07 Å². The van der Waals surface area contributed by atoms with Crippen molar-refractivity contribution in [2.45, 2.75) is 13.0 Å². The van der Waals surface area contributed by atoms with Crippen LogP contribution in [0.4, 0.5) is 0 Å². The summed E-state index contributed by atoms with van der Waals surface area (Å²) in [7, 11) is 3.91. The SMILES string of the molecule is CNCCCN(C)Cc1cc(C(=O)NN)no1. The Bertz CT molecular complexity index is 352. The van der Waals surface area contributed by atoms with Crippen LogP contribution in [0.15, 0.2) is 10.6 Å². The molecule has 7 nitrogen and oxygen atoms in total. The average Bonchev–Trinajstić information content (AvgIpc) is 2.77. The molecule has 0 unspecified atom stereocenters. The zero-order chi connectivity index (χ0) is 12.7. The van der Waals surface area contributed by atoms with Gasteiger partial charge >= 0.3 is 0 Å². The number of hydrogen-bond acceptors (Lipinski definition) is 6. The summed E-state index contributed by atoms with van der Waals surface area (Å²) in [4.78, 5) is 13.2. The van der Waals surface area contributed by atoms with Crippen LogP contribution in [0.1, 0.15) is 22.7 Å². The summed E-state index contributed by atoms with van der Waals surface area (Å²) in [5.74, 6) is 5.20. The fourth-order valence-electron chi connectivity index (χ4n) is 1.44. The van der Waals surface area contributed by atoms with Crippen LogP contribution >= 0.6 is 0 Å². The third kappa shape index (κ3) is 4.51. The van der Waals surface area contributed by atoms with Crippen molar-refractivity contribution >= 4 is 5.91 Å². The number of carbonyl (C=O) groups excluding carboxylic acids is 1. The largest absolute Gasteiger partial charge is 0.359 e. The minimum Gasteiger partial charge on any atom is -0.359 e. The van der Waals surface area contributed by atoms with Gasteiger partial charge in [0.25, 0.3) is 5.91 Å². The van der Waals surface area contributed by atoms with Crippen LogP contribution in [0.2, 0.25) is 0 Å². The lowest BCUT2D eigenvalue weighted by Crippen LogP contribution is -2.30. The second-order valence-corrected chi connectivity index (χ2v) is 3.85. The molecule has 0 bridgehead atoms. The van der Waals surface area contributed by atoms with Crippen LogP contribution in [0.5, 0.6) is 0 Å². The standard InChI is InChI=1S/C10H19N5O2/c1-12-4-3-5-15(2)7-8-6-9(14-17-8)10(16)13-11/h6,12H,3-5,7,11H2,1-2H3,(H,13,16). The summed E-state index contributed by atoms with van der Waals surface area (Å²) in [6.45, 7) is 2.54. The number of aromatic nitrogens is 1. The van der Waals surface area contributed by atoms with Crippen LogP contribution in [0.3, 0.4) is 0 Å². The van der Waals surface area contributed by atoms with E-state index in [1.807, 2.05) is 19.5 Å². The van der Waals surface area contributed by atoms with Crippen molar-refractivity contribution in [1.82, 2.24) is 20.8 Å². The van der Waals surface area contributed by atoms with Crippen molar-refractivity contribution in [3.63, 3.8) is 0 Å². The van der Waals surface area contributed by atoms with E-state index in [4.69, 9.17) is 10.4 Å². The molecule has 1 amide bonds. The Hall–Kier alpha value is -1.44. The van der Waals surface area contributed by atoms with Gasteiger partial charge in [-0.3, -0.25) is 15.1 Å². The second kappa shape index (κ2) is 7.00. The molecule has 1 aromatic rings. The van der Waals surface area contributed by atoms with Gasteiger partial charge in [-0.25, -0.2) is 5.84 Å². The molecule has 1 aromatic heterocycles. The molecular formula is C10H19N5O2. The monoisotopic (exact) mass is 241 g/mol. The predicted molar refractivity (Wildman–Crippen MR) is 63.0 cm³/mol. The molecule has 7 heteroatoms. The fourth-order valence-corrected chi connectivity index (χ4v) is 1.44. The molecule has 96 valence electrons. The first kappa shape index (κ1) is 13.6. The smallest absolute Gasteiger partial charge is 0.287 e. The van der Waals surface area contributed by atoms with Gasteiger partial charge in [-0.1, -0.05) is 5.16 Å². The Morgan fingerprint density at radius 1 is 1.65 bits per heavy atom. The van der Waals surface area contributed by atoms with E-state index >= 15 is 0 Å². The molecule has 0 aliphatic carbocycles. The third-order valence-corrected chi connectivity index (χ3v) is 2.32. The maximum Gasteiger partial charge on any atom is 0.287 e. The Balaban J connectivity index is 2.40. The van der Waals surface area contributed by atoms with Crippen molar-refractivity contribution in [3.8, 4) is 0 Å². The van der Waals surface area contributed by atoms with Gasteiger partial charge < -0.3 is 9.84 Å². The first-order valence-electron chi connectivity index (χ1n) is 5.47. The predicted octanol–water partition coefficient (Wildman–Crippen LogP) is -0.681. The Kier molecular flexibility index (Phi) is 5.61. The number of nitrogens with zero attached hydrogens (tertiary/aromatic N) is 2.